The van der Waals surface area contributed by atoms with Crippen LogP contribution in [0.25, 0.3) is 50.7 Å². The van der Waals surface area contributed by atoms with Crippen LogP contribution in [0.15, 0.2) is 97.3 Å². The fraction of sp³-hybridized carbons (Fsp3) is 0.429. The van der Waals surface area contributed by atoms with Gasteiger partial charge in [-0.2, -0.15) is 0 Å². The second-order valence-electron chi connectivity index (χ2n) is 20.5. The van der Waals surface area contributed by atoms with Gasteiger partial charge < -0.3 is 59.2 Å². The molecule has 0 radical (unpaired) electrons. The van der Waals surface area contributed by atoms with E-state index in [4.69, 9.17) is 24.2 Å². The summed E-state index contributed by atoms with van der Waals surface area (Å²) < 4.78 is 19.1. The van der Waals surface area contributed by atoms with E-state index in [9.17, 15) is 24.3 Å². The lowest BCUT2D eigenvalue weighted by Crippen LogP contribution is -2.51. The van der Waals surface area contributed by atoms with E-state index in [1.165, 1.54) is 7.11 Å². The van der Waals surface area contributed by atoms with Crippen LogP contribution in [0.2, 0.25) is 0 Å². The van der Waals surface area contributed by atoms with Crippen molar-refractivity contribution in [2.75, 3.05) is 51.4 Å². The second kappa shape index (κ2) is 21.2. The molecule has 10 rings (SSSR count). The number of hydrogen-bond donors (Lipinski definition) is 5. The van der Waals surface area contributed by atoms with Gasteiger partial charge in [0.25, 0.3) is 0 Å². The van der Waals surface area contributed by atoms with E-state index in [0.717, 1.165) is 108 Å². The normalized spacial score (nSPS) is 19.4. The molecule has 18 nitrogen and oxygen atoms in total. The molecule has 0 unspecified atom stereocenters. The second-order valence-corrected chi connectivity index (χ2v) is 20.5. The summed E-state index contributed by atoms with van der Waals surface area (Å²) in [7, 11) is 1.29. The number of anilines is 1. The van der Waals surface area contributed by atoms with E-state index < -0.39 is 30.1 Å². The Morgan fingerprint density at radius 3 is 1.53 bits per heavy atom. The molecule has 3 aromatic heterocycles. The smallest absolute Gasteiger partial charge is 0.407 e. The molecule has 4 amide bonds. The Balaban J connectivity index is 0.909. The summed E-state index contributed by atoms with van der Waals surface area (Å²) in [5.41, 5.74) is 9.56. The molecular weight excluding hydrogens is 941 g/mol. The molecule has 7 heterocycles. The van der Waals surface area contributed by atoms with Crippen LogP contribution in [0.4, 0.5) is 15.3 Å². The van der Waals surface area contributed by atoms with Gasteiger partial charge in [0.1, 0.15) is 23.7 Å². The number of aromatic nitrogens is 5. The molecule has 4 saturated heterocycles. The molecule has 18 heteroatoms. The monoisotopic (exact) mass is 1010 g/mol. The number of ether oxygens (including phenoxy) is 3. The maximum Gasteiger partial charge on any atom is 0.407 e. The number of aromatic amines is 2. The molecule has 0 aliphatic carbocycles. The number of imidazole rings is 2. The largest absolute Gasteiger partial charge is 0.465 e. The standard InChI is InChI=1S/C56H66N10O8/c1-34(2)48(61-54(69)70)52(67)64-26-6-8-46(64)50-57-32-42(59-50)36-10-14-38(15-11-36)44-22-23-45(66(44)41-20-18-40(19-21-41)63-28-24-56(25-29-63)73-30-31-74-56)39-16-12-37(13-17-39)43-33-58-51(60-43)47-9-7-27-65(47)53(68)49(35(3)4)62-55(71)72-5/h10-23,32-35,46-49,61H,6-9,24-31H2,1-5H3,(H,57,59)(H,58,60)(H,62,71)(H,69,70)/t46-,47-,48-,49-/m0/s1. The number of likely N-dealkylation sites (tertiary alicyclic amines) is 2. The lowest BCUT2D eigenvalue weighted by molar-refractivity contribution is -0.169. The average Bonchev–Trinajstić information content (AvgIpc) is 4.28. The van der Waals surface area contributed by atoms with E-state index in [-0.39, 0.29) is 35.7 Å². The van der Waals surface area contributed by atoms with Crippen molar-refractivity contribution < 1.29 is 38.5 Å². The van der Waals surface area contributed by atoms with Crippen molar-refractivity contribution in [2.24, 2.45) is 11.8 Å². The zero-order valence-corrected chi connectivity index (χ0v) is 42.7. The predicted octanol–water partition coefficient (Wildman–Crippen LogP) is 8.93. The molecular formula is C56H66N10O8. The lowest BCUT2D eigenvalue weighted by Gasteiger charge is -2.38. The molecule has 3 aromatic carbocycles. The highest BCUT2D eigenvalue weighted by molar-refractivity contribution is 5.87. The maximum absolute atomic E-state index is 13.8. The minimum atomic E-state index is -1.22. The van der Waals surface area contributed by atoms with Crippen LogP contribution in [0.5, 0.6) is 0 Å². The number of carboxylic acid groups (broad SMARTS) is 1. The van der Waals surface area contributed by atoms with Crippen LogP contribution in [0.1, 0.15) is 90.0 Å². The molecule has 388 valence electrons. The van der Waals surface area contributed by atoms with Gasteiger partial charge in [-0.15, -0.1) is 0 Å². The number of hydrogen-bond acceptors (Lipinski definition) is 10. The Hall–Kier alpha value is -7.44. The Kier molecular flexibility index (Phi) is 14.3. The average molecular weight is 1010 g/mol. The van der Waals surface area contributed by atoms with Gasteiger partial charge in [-0.1, -0.05) is 76.2 Å². The summed E-state index contributed by atoms with van der Waals surface area (Å²) in [5.74, 6) is 0.205. The van der Waals surface area contributed by atoms with E-state index in [2.05, 4.69) is 115 Å². The third-order valence-corrected chi connectivity index (χ3v) is 15.1. The predicted molar refractivity (Wildman–Crippen MR) is 279 cm³/mol. The number of carbonyl (C=O) groups excluding carboxylic acids is 3. The quantitative estimate of drug-likeness (QED) is 0.0695. The Bertz CT molecular complexity index is 2950. The highest BCUT2D eigenvalue weighted by Crippen LogP contribution is 2.39. The third-order valence-electron chi connectivity index (χ3n) is 15.1. The molecule has 4 aliphatic heterocycles. The molecule has 1 spiro atoms. The number of carbonyl (C=O) groups is 4. The number of amides is 4. The van der Waals surface area contributed by atoms with Gasteiger partial charge >= 0.3 is 12.2 Å². The summed E-state index contributed by atoms with van der Waals surface area (Å²) in [4.78, 5) is 73.7. The number of nitrogens with one attached hydrogen (secondary N) is 4. The summed E-state index contributed by atoms with van der Waals surface area (Å²) in [6.07, 6.45) is 6.66. The van der Waals surface area contributed by atoms with Crippen molar-refractivity contribution in [1.29, 1.82) is 0 Å². The van der Waals surface area contributed by atoms with Gasteiger partial charge in [0.2, 0.25) is 11.8 Å². The van der Waals surface area contributed by atoms with Gasteiger partial charge in [0, 0.05) is 73.9 Å². The van der Waals surface area contributed by atoms with Crippen LogP contribution in [-0.4, -0.2) is 128 Å². The van der Waals surface area contributed by atoms with Crippen molar-refractivity contribution in [3.63, 3.8) is 0 Å². The highest BCUT2D eigenvalue weighted by atomic mass is 16.7. The van der Waals surface area contributed by atoms with Crippen LogP contribution < -0.4 is 15.5 Å². The number of alkyl carbamates (subject to hydrolysis) is 1. The topological polar surface area (TPSA) is 212 Å². The molecule has 6 aromatic rings. The Morgan fingerprint density at radius 1 is 0.635 bits per heavy atom. The first-order chi connectivity index (χ1) is 35.8. The van der Waals surface area contributed by atoms with Gasteiger partial charge in [-0.05, 0) is 85.0 Å². The molecule has 74 heavy (non-hydrogen) atoms. The SMILES string of the molecule is COC(=O)N[C@H](C(=O)N1CCC[C@H]1c1nc(-c2ccc(-c3ccc(-c4ccc(-c5c[nH]c([C@@H]6CCCN6C(=O)[C@@H](NC(=O)O)C(C)C)n5)cc4)n3-c3ccc(N4CCC5(CC4)OCCO5)cc3)cc2)c[nH]1)C(C)C. The Labute approximate surface area is 430 Å². The van der Waals surface area contributed by atoms with Crippen LogP contribution >= 0.6 is 0 Å². The molecule has 0 saturated carbocycles. The fourth-order valence-electron chi connectivity index (χ4n) is 11.1. The van der Waals surface area contributed by atoms with Crippen molar-refractivity contribution >= 4 is 29.7 Å². The first-order valence-electron chi connectivity index (χ1n) is 25.9. The number of rotatable bonds is 14. The molecule has 4 aliphatic rings. The molecule has 0 bridgehead atoms. The van der Waals surface area contributed by atoms with Gasteiger partial charge in [0.15, 0.2) is 5.79 Å². The Morgan fingerprint density at radius 2 is 1.08 bits per heavy atom. The van der Waals surface area contributed by atoms with E-state index >= 15 is 0 Å². The maximum atomic E-state index is 13.8. The summed E-state index contributed by atoms with van der Waals surface area (Å²) in [6.45, 7) is 11.6. The number of H-pyrrole nitrogens is 2. The third kappa shape index (κ3) is 10.1. The lowest BCUT2D eigenvalue weighted by atomic mass is 10.0. The summed E-state index contributed by atoms with van der Waals surface area (Å²) in [5, 5.41) is 14.6. The van der Waals surface area contributed by atoms with E-state index in [1.807, 2.05) is 45.0 Å². The minimum Gasteiger partial charge on any atom is -0.465 e. The molecule has 4 fully saturated rings. The molecule has 4 atom stereocenters. The zero-order valence-electron chi connectivity index (χ0n) is 42.7. The molecule has 5 N–H and O–H groups in total. The van der Waals surface area contributed by atoms with Gasteiger partial charge in [0.05, 0.1) is 55.2 Å². The van der Waals surface area contributed by atoms with Crippen molar-refractivity contribution in [3.8, 4) is 50.7 Å². The zero-order chi connectivity index (χ0) is 51.7. The van der Waals surface area contributed by atoms with Crippen LogP contribution in [0, 0.1) is 11.8 Å². The summed E-state index contributed by atoms with van der Waals surface area (Å²) >= 11 is 0. The van der Waals surface area contributed by atoms with Crippen molar-refractivity contribution in [2.45, 2.75) is 96.2 Å². The number of piperidine rings is 1. The minimum absolute atomic E-state index is 0.129. The van der Waals surface area contributed by atoms with Crippen molar-refractivity contribution in [3.05, 3.63) is 109 Å². The van der Waals surface area contributed by atoms with Crippen LogP contribution in [-0.2, 0) is 23.8 Å². The fourth-order valence-corrected chi connectivity index (χ4v) is 11.1. The van der Waals surface area contributed by atoms with E-state index in [1.54, 1.807) is 4.90 Å². The summed E-state index contributed by atoms with van der Waals surface area (Å²) in [6, 6.07) is 27.7. The van der Waals surface area contributed by atoms with Crippen LogP contribution in [0.3, 0.4) is 0 Å². The first-order valence-corrected chi connectivity index (χ1v) is 25.9. The van der Waals surface area contributed by atoms with Gasteiger partial charge in [-0.3, -0.25) is 9.59 Å². The number of nitrogens with zero attached hydrogens (tertiary/aromatic N) is 6. The first kappa shape index (κ1) is 50.1. The number of benzene rings is 3. The van der Waals surface area contributed by atoms with Crippen molar-refractivity contribution in [1.82, 2.24) is 44.9 Å². The highest BCUT2D eigenvalue weighted by Gasteiger charge is 2.41. The number of methoxy groups -OCH3 is 1. The van der Waals surface area contributed by atoms with Gasteiger partial charge in [-0.25, -0.2) is 19.6 Å². The van der Waals surface area contributed by atoms with E-state index in [0.29, 0.717) is 38.0 Å².